The summed E-state index contributed by atoms with van der Waals surface area (Å²) >= 11 is 0. The molecule has 0 saturated carbocycles. The number of amides is 1. The van der Waals surface area contributed by atoms with Crippen LogP contribution in [0, 0.1) is 0 Å². The van der Waals surface area contributed by atoms with E-state index in [-0.39, 0.29) is 16.9 Å². The van der Waals surface area contributed by atoms with Gasteiger partial charge in [0.05, 0.1) is 12.0 Å². The van der Waals surface area contributed by atoms with E-state index in [1.54, 1.807) is 14.1 Å². The molecule has 0 N–H and O–H groups in total. The topological polar surface area (TPSA) is 55.6 Å². The van der Waals surface area contributed by atoms with Crippen molar-refractivity contribution in [3.8, 4) is 5.75 Å². The zero-order chi connectivity index (χ0) is 18.6. The SMILES string of the molecule is CCCc1c(OCCCC(=O)N(C)C)ccc2c(C(F)(F)F)noc12. The van der Waals surface area contributed by atoms with E-state index in [4.69, 9.17) is 9.26 Å². The highest BCUT2D eigenvalue weighted by Crippen LogP contribution is 2.38. The summed E-state index contributed by atoms with van der Waals surface area (Å²) in [6.07, 6.45) is -2.47. The number of ether oxygens (including phenoxy) is 1. The minimum Gasteiger partial charge on any atom is -0.493 e. The molecule has 0 atom stereocenters. The van der Waals surface area contributed by atoms with Crippen molar-refractivity contribution < 1.29 is 27.2 Å². The second-order valence-corrected chi connectivity index (χ2v) is 5.94. The van der Waals surface area contributed by atoms with Crippen molar-refractivity contribution in [2.75, 3.05) is 20.7 Å². The predicted molar refractivity (Wildman–Crippen MR) is 86.4 cm³/mol. The van der Waals surface area contributed by atoms with Gasteiger partial charge in [-0.25, -0.2) is 0 Å². The summed E-state index contributed by atoms with van der Waals surface area (Å²) in [4.78, 5) is 13.0. The van der Waals surface area contributed by atoms with Crippen LogP contribution in [0.5, 0.6) is 5.75 Å². The molecule has 0 fully saturated rings. The Bertz CT molecular complexity index is 739. The molecule has 0 unspecified atom stereocenters. The fourth-order valence-electron chi connectivity index (χ4n) is 2.50. The van der Waals surface area contributed by atoms with Gasteiger partial charge in [0.15, 0.2) is 11.3 Å². The molecule has 0 spiro atoms. The van der Waals surface area contributed by atoms with Gasteiger partial charge in [0.2, 0.25) is 5.91 Å². The van der Waals surface area contributed by atoms with Gasteiger partial charge in [0.25, 0.3) is 0 Å². The van der Waals surface area contributed by atoms with E-state index < -0.39 is 11.9 Å². The van der Waals surface area contributed by atoms with Crippen molar-refractivity contribution in [1.29, 1.82) is 0 Å². The average Bonchev–Trinajstić information content (AvgIpc) is 2.97. The molecule has 0 bridgehead atoms. The fourth-order valence-corrected chi connectivity index (χ4v) is 2.50. The normalized spacial score (nSPS) is 11.8. The Hall–Kier alpha value is -2.25. The Balaban J connectivity index is 2.20. The predicted octanol–water partition coefficient (Wildman–Crippen LogP) is 4.05. The van der Waals surface area contributed by atoms with E-state index >= 15 is 0 Å². The zero-order valence-corrected chi connectivity index (χ0v) is 14.4. The number of aryl methyl sites for hydroxylation is 1. The smallest absolute Gasteiger partial charge is 0.437 e. The number of rotatable bonds is 7. The maximum Gasteiger partial charge on any atom is 0.437 e. The summed E-state index contributed by atoms with van der Waals surface area (Å²) in [6, 6.07) is 2.82. The second-order valence-electron chi connectivity index (χ2n) is 5.94. The highest BCUT2D eigenvalue weighted by molar-refractivity contribution is 5.85. The van der Waals surface area contributed by atoms with E-state index in [1.807, 2.05) is 6.92 Å². The van der Waals surface area contributed by atoms with Gasteiger partial charge >= 0.3 is 6.18 Å². The first-order valence-electron chi connectivity index (χ1n) is 8.07. The second kappa shape index (κ2) is 7.76. The zero-order valence-electron chi connectivity index (χ0n) is 14.4. The van der Waals surface area contributed by atoms with Crippen LogP contribution in [-0.4, -0.2) is 36.7 Å². The molecular weight excluding hydrogens is 337 g/mol. The highest BCUT2D eigenvalue weighted by atomic mass is 19.4. The minimum absolute atomic E-state index is 0.00196. The van der Waals surface area contributed by atoms with Crippen LogP contribution >= 0.6 is 0 Å². The number of carbonyl (C=O) groups is 1. The van der Waals surface area contributed by atoms with Crippen LogP contribution in [0.1, 0.15) is 37.4 Å². The van der Waals surface area contributed by atoms with E-state index in [9.17, 15) is 18.0 Å². The lowest BCUT2D eigenvalue weighted by molar-refractivity contribution is -0.141. The number of hydrogen-bond donors (Lipinski definition) is 0. The molecule has 8 heteroatoms. The summed E-state index contributed by atoms with van der Waals surface area (Å²) in [6.45, 7) is 2.21. The lowest BCUT2D eigenvalue weighted by Gasteiger charge is -2.13. The van der Waals surface area contributed by atoms with Gasteiger partial charge in [-0.2, -0.15) is 13.2 Å². The molecule has 5 nitrogen and oxygen atoms in total. The van der Waals surface area contributed by atoms with Gasteiger partial charge in [0.1, 0.15) is 5.75 Å². The third-order valence-electron chi connectivity index (χ3n) is 3.76. The van der Waals surface area contributed by atoms with Gasteiger partial charge < -0.3 is 14.2 Å². The first kappa shape index (κ1) is 19.1. The van der Waals surface area contributed by atoms with Gasteiger partial charge in [-0.15, -0.1) is 0 Å². The fraction of sp³-hybridized carbons (Fsp3) is 0.529. The number of carbonyl (C=O) groups excluding carboxylic acids is 1. The Labute approximate surface area is 143 Å². The standard InChI is InChI=1S/C17H21F3N2O3/c1-4-6-11-13(24-10-5-7-14(23)22(2)3)9-8-12-15(11)25-21-16(12)17(18,19)20/h8-9H,4-7,10H2,1-3H3. The van der Waals surface area contributed by atoms with Gasteiger partial charge in [0, 0.05) is 26.1 Å². The third kappa shape index (κ3) is 4.43. The summed E-state index contributed by atoms with van der Waals surface area (Å²) in [5.41, 5.74) is -0.346. The molecule has 0 radical (unpaired) electrons. The van der Waals surface area contributed by atoms with Crippen molar-refractivity contribution in [3.63, 3.8) is 0 Å². The lowest BCUT2D eigenvalue weighted by atomic mass is 10.0. The van der Waals surface area contributed by atoms with Gasteiger partial charge in [-0.3, -0.25) is 4.79 Å². The number of nitrogens with zero attached hydrogens (tertiary/aromatic N) is 2. The number of hydrogen-bond acceptors (Lipinski definition) is 4. The molecule has 0 aliphatic rings. The van der Waals surface area contributed by atoms with Crippen LogP contribution in [0.3, 0.4) is 0 Å². The monoisotopic (exact) mass is 358 g/mol. The van der Waals surface area contributed by atoms with Crippen LogP contribution < -0.4 is 4.74 Å². The maximum atomic E-state index is 13.0. The summed E-state index contributed by atoms with van der Waals surface area (Å²) in [7, 11) is 3.36. The van der Waals surface area contributed by atoms with Crippen molar-refractivity contribution in [3.05, 3.63) is 23.4 Å². The molecular formula is C17H21F3N2O3. The first-order chi connectivity index (χ1) is 11.8. The van der Waals surface area contributed by atoms with E-state index in [2.05, 4.69) is 5.16 Å². The van der Waals surface area contributed by atoms with E-state index in [0.29, 0.717) is 37.2 Å². The van der Waals surface area contributed by atoms with Gasteiger partial charge in [-0.05, 0) is 25.0 Å². The molecule has 1 heterocycles. The van der Waals surface area contributed by atoms with E-state index in [1.165, 1.54) is 17.0 Å². The summed E-state index contributed by atoms with van der Waals surface area (Å²) < 4.78 is 49.6. The summed E-state index contributed by atoms with van der Waals surface area (Å²) in [5, 5.41) is 3.12. The van der Waals surface area contributed by atoms with Crippen LogP contribution in [0.15, 0.2) is 16.7 Å². The molecule has 138 valence electrons. The lowest BCUT2D eigenvalue weighted by Crippen LogP contribution is -2.21. The Morgan fingerprint density at radius 3 is 2.64 bits per heavy atom. The molecule has 1 amide bonds. The van der Waals surface area contributed by atoms with Gasteiger partial charge in [-0.1, -0.05) is 18.5 Å². The average molecular weight is 358 g/mol. The minimum atomic E-state index is -4.57. The Morgan fingerprint density at radius 1 is 1.32 bits per heavy atom. The van der Waals surface area contributed by atoms with Crippen molar-refractivity contribution >= 4 is 16.9 Å². The van der Waals surface area contributed by atoms with Crippen molar-refractivity contribution in [1.82, 2.24) is 10.1 Å². The number of alkyl halides is 3. The van der Waals surface area contributed by atoms with Crippen LogP contribution in [-0.2, 0) is 17.4 Å². The Morgan fingerprint density at radius 2 is 2.04 bits per heavy atom. The molecule has 1 aromatic heterocycles. The molecule has 25 heavy (non-hydrogen) atoms. The van der Waals surface area contributed by atoms with Crippen LogP contribution in [0.4, 0.5) is 13.2 Å². The molecule has 0 saturated heterocycles. The number of halogens is 3. The van der Waals surface area contributed by atoms with Crippen LogP contribution in [0.25, 0.3) is 11.0 Å². The number of benzene rings is 1. The highest BCUT2D eigenvalue weighted by Gasteiger charge is 2.37. The van der Waals surface area contributed by atoms with Crippen molar-refractivity contribution in [2.45, 2.75) is 38.8 Å². The number of aromatic nitrogens is 1. The first-order valence-corrected chi connectivity index (χ1v) is 8.07. The Kier molecular flexibility index (Phi) is 5.92. The quantitative estimate of drug-likeness (QED) is 0.701. The maximum absolute atomic E-state index is 13.0. The number of fused-ring (bicyclic) bond motifs is 1. The summed E-state index contributed by atoms with van der Waals surface area (Å²) in [5.74, 6) is 0.467. The molecule has 1 aromatic carbocycles. The molecule has 0 aliphatic carbocycles. The van der Waals surface area contributed by atoms with Crippen molar-refractivity contribution in [2.24, 2.45) is 0 Å². The molecule has 2 rings (SSSR count). The van der Waals surface area contributed by atoms with Crippen LogP contribution in [0.2, 0.25) is 0 Å². The molecule has 2 aromatic rings. The largest absolute Gasteiger partial charge is 0.493 e. The van der Waals surface area contributed by atoms with E-state index in [0.717, 1.165) is 6.42 Å². The molecule has 0 aliphatic heterocycles. The third-order valence-corrected chi connectivity index (χ3v) is 3.76.